The van der Waals surface area contributed by atoms with Gasteiger partial charge in [0, 0.05) is 32.8 Å². The number of carbonyl (C=O) groups is 1. The lowest BCUT2D eigenvalue weighted by Crippen LogP contribution is -2.46. The van der Waals surface area contributed by atoms with Crippen LogP contribution in [0.25, 0.3) is 0 Å². The summed E-state index contributed by atoms with van der Waals surface area (Å²) in [6.07, 6.45) is 2.86. The summed E-state index contributed by atoms with van der Waals surface area (Å²) in [5.74, 6) is 0.924. The Morgan fingerprint density at radius 3 is 2.50 bits per heavy atom. The minimum absolute atomic E-state index is 0. The van der Waals surface area contributed by atoms with Gasteiger partial charge in [-0.15, -0.1) is 24.0 Å². The summed E-state index contributed by atoms with van der Waals surface area (Å²) in [5, 5.41) is 3.34. The maximum Gasteiger partial charge on any atom is 0.309 e. The number of guanidine groups is 1. The van der Waals surface area contributed by atoms with Gasteiger partial charge in [0.15, 0.2) is 5.96 Å². The van der Waals surface area contributed by atoms with Gasteiger partial charge in [-0.1, -0.05) is 0 Å². The van der Waals surface area contributed by atoms with Crippen LogP contribution in [0.1, 0.15) is 47.0 Å². The first-order valence-corrected chi connectivity index (χ1v) is 8.89. The molecule has 0 aromatic carbocycles. The van der Waals surface area contributed by atoms with E-state index in [0.717, 1.165) is 58.0 Å². The molecule has 0 radical (unpaired) electrons. The third-order valence-electron chi connectivity index (χ3n) is 3.76. The molecule has 0 amide bonds. The van der Waals surface area contributed by atoms with Gasteiger partial charge >= 0.3 is 5.97 Å². The molecule has 0 unspecified atom stereocenters. The van der Waals surface area contributed by atoms with Crippen molar-refractivity contribution < 1.29 is 14.3 Å². The number of nitrogens with zero attached hydrogens (tertiary/aromatic N) is 2. The van der Waals surface area contributed by atoms with Crippen molar-refractivity contribution in [3.8, 4) is 0 Å². The first kappa shape index (κ1) is 23.4. The number of hydrogen-bond acceptors (Lipinski definition) is 4. The Labute approximate surface area is 163 Å². The summed E-state index contributed by atoms with van der Waals surface area (Å²) in [6, 6.07) is 0. The largest absolute Gasteiger partial charge is 0.466 e. The number of carbonyl (C=O) groups excluding carboxylic acids is 1. The highest BCUT2D eigenvalue weighted by molar-refractivity contribution is 14.0. The average Bonchev–Trinajstić information content (AvgIpc) is 2.53. The quantitative estimate of drug-likeness (QED) is 0.201. The number of nitrogens with one attached hydrogen (secondary N) is 1. The third kappa shape index (κ3) is 9.05. The highest BCUT2D eigenvalue weighted by atomic mass is 127. The van der Waals surface area contributed by atoms with Crippen LogP contribution in [-0.4, -0.2) is 62.3 Å². The summed E-state index contributed by atoms with van der Waals surface area (Å²) in [5.41, 5.74) is 0. The predicted molar refractivity (Wildman–Crippen MR) is 108 cm³/mol. The molecule has 1 heterocycles. The van der Waals surface area contributed by atoms with Crippen molar-refractivity contribution >= 4 is 35.9 Å². The number of halogens is 1. The Bertz CT molecular complexity index is 370. The zero-order valence-electron chi connectivity index (χ0n) is 15.5. The molecule has 0 aromatic heterocycles. The molecule has 0 bridgehead atoms. The van der Waals surface area contributed by atoms with Crippen molar-refractivity contribution in [2.75, 3.05) is 39.4 Å². The van der Waals surface area contributed by atoms with Crippen LogP contribution in [0.3, 0.4) is 0 Å². The summed E-state index contributed by atoms with van der Waals surface area (Å²) in [4.78, 5) is 18.7. The van der Waals surface area contributed by atoms with E-state index in [4.69, 9.17) is 9.47 Å². The van der Waals surface area contributed by atoms with Crippen LogP contribution in [0.15, 0.2) is 4.99 Å². The van der Waals surface area contributed by atoms with Gasteiger partial charge in [-0.25, -0.2) is 0 Å². The first-order valence-electron chi connectivity index (χ1n) is 8.89. The van der Waals surface area contributed by atoms with Gasteiger partial charge in [-0.05, 0) is 47.0 Å². The molecule has 0 spiro atoms. The van der Waals surface area contributed by atoms with Crippen LogP contribution in [0.2, 0.25) is 0 Å². The van der Waals surface area contributed by atoms with Crippen LogP contribution in [-0.2, 0) is 14.3 Å². The number of piperidine rings is 1. The lowest BCUT2D eigenvalue weighted by atomic mass is 9.97. The van der Waals surface area contributed by atoms with Crippen LogP contribution >= 0.6 is 24.0 Å². The van der Waals surface area contributed by atoms with E-state index in [1.807, 2.05) is 20.8 Å². The minimum Gasteiger partial charge on any atom is -0.466 e. The number of likely N-dealkylation sites (tertiary alicyclic amines) is 1. The van der Waals surface area contributed by atoms with Gasteiger partial charge < -0.3 is 19.7 Å². The Hall–Kier alpha value is -0.570. The molecule has 0 atom stereocenters. The van der Waals surface area contributed by atoms with E-state index in [1.54, 1.807) is 0 Å². The molecule has 6 nitrogen and oxygen atoms in total. The molecule has 1 rings (SSSR count). The lowest BCUT2D eigenvalue weighted by Gasteiger charge is -2.33. The number of esters is 1. The van der Waals surface area contributed by atoms with Gasteiger partial charge in [0.05, 0.1) is 18.6 Å². The minimum atomic E-state index is -0.0556. The van der Waals surface area contributed by atoms with Crippen molar-refractivity contribution in [2.24, 2.45) is 10.9 Å². The third-order valence-corrected chi connectivity index (χ3v) is 3.76. The van der Waals surface area contributed by atoms with Crippen molar-refractivity contribution in [1.29, 1.82) is 0 Å². The number of aliphatic imine (C=N–C) groups is 1. The Morgan fingerprint density at radius 2 is 1.96 bits per heavy atom. The van der Waals surface area contributed by atoms with Crippen LogP contribution in [0.5, 0.6) is 0 Å². The summed E-state index contributed by atoms with van der Waals surface area (Å²) >= 11 is 0. The van der Waals surface area contributed by atoms with Crippen molar-refractivity contribution in [3.05, 3.63) is 0 Å². The topological polar surface area (TPSA) is 63.2 Å². The molecule has 1 aliphatic rings. The standard InChI is InChI=1S/C17H33N3O3.HI/c1-5-18-17(19-10-7-13-23-14(3)4)20-11-8-15(9-12-20)16(21)22-6-2;/h14-15H,5-13H2,1-4H3,(H,18,19);1H. The molecule has 1 N–H and O–H groups in total. The normalized spacial score (nSPS) is 16.0. The summed E-state index contributed by atoms with van der Waals surface area (Å²) in [6.45, 7) is 12.5. The van der Waals surface area contributed by atoms with Crippen LogP contribution in [0, 0.1) is 5.92 Å². The maximum atomic E-state index is 11.8. The molecule has 142 valence electrons. The van der Waals surface area contributed by atoms with Gasteiger partial charge in [0.25, 0.3) is 0 Å². The van der Waals surface area contributed by atoms with Gasteiger partial charge in [0.1, 0.15) is 0 Å². The smallest absolute Gasteiger partial charge is 0.309 e. The van der Waals surface area contributed by atoms with E-state index in [9.17, 15) is 4.79 Å². The first-order chi connectivity index (χ1) is 11.1. The predicted octanol–water partition coefficient (Wildman–Crippen LogP) is 2.66. The van der Waals surface area contributed by atoms with Crippen LogP contribution < -0.4 is 5.32 Å². The Kier molecular flexibility index (Phi) is 13.4. The summed E-state index contributed by atoms with van der Waals surface area (Å²) in [7, 11) is 0. The van der Waals surface area contributed by atoms with Crippen LogP contribution in [0.4, 0.5) is 0 Å². The van der Waals surface area contributed by atoms with Crippen molar-refractivity contribution in [3.63, 3.8) is 0 Å². The molecule has 1 aliphatic heterocycles. The monoisotopic (exact) mass is 455 g/mol. The second kappa shape index (κ2) is 13.7. The SMILES string of the molecule is CCNC(=NCCCOC(C)C)N1CCC(C(=O)OCC)CC1.I. The van der Waals surface area contributed by atoms with Crippen molar-refractivity contribution in [2.45, 2.75) is 53.1 Å². The van der Waals surface area contributed by atoms with E-state index >= 15 is 0 Å². The molecule has 7 heteroatoms. The summed E-state index contributed by atoms with van der Waals surface area (Å²) < 4.78 is 10.7. The molecule has 24 heavy (non-hydrogen) atoms. The van der Waals surface area contributed by atoms with E-state index in [2.05, 4.69) is 22.1 Å². The molecular weight excluding hydrogens is 421 g/mol. The molecule has 1 fully saturated rings. The highest BCUT2D eigenvalue weighted by Crippen LogP contribution is 2.18. The zero-order chi connectivity index (χ0) is 17.1. The Morgan fingerprint density at radius 1 is 1.29 bits per heavy atom. The van der Waals surface area contributed by atoms with Gasteiger partial charge in [-0.2, -0.15) is 0 Å². The second-order valence-electron chi connectivity index (χ2n) is 6.02. The highest BCUT2D eigenvalue weighted by Gasteiger charge is 2.27. The lowest BCUT2D eigenvalue weighted by molar-refractivity contribution is -0.149. The molecular formula is C17H34IN3O3. The van der Waals surface area contributed by atoms with E-state index in [0.29, 0.717) is 6.61 Å². The fourth-order valence-corrected chi connectivity index (χ4v) is 2.58. The number of ether oxygens (including phenoxy) is 2. The molecule has 0 saturated carbocycles. The second-order valence-corrected chi connectivity index (χ2v) is 6.02. The molecule has 0 aliphatic carbocycles. The van der Waals surface area contributed by atoms with E-state index in [1.165, 1.54) is 0 Å². The average molecular weight is 455 g/mol. The maximum absolute atomic E-state index is 11.8. The fraction of sp³-hybridized carbons (Fsp3) is 0.882. The number of hydrogen-bond donors (Lipinski definition) is 1. The van der Waals surface area contributed by atoms with E-state index < -0.39 is 0 Å². The van der Waals surface area contributed by atoms with E-state index in [-0.39, 0.29) is 42.0 Å². The van der Waals surface area contributed by atoms with Gasteiger partial charge in [-0.3, -0.25) is 9.79 Å². The zero-order valence-corrected chi connectivity index (χ0v) is 17.9. The van der Waals surface area contributed by atoms with Gasteiger partial charge in [0.2, 0.25) is 0 Å². The van der Waals surface area contributed by atoms with Crippen molar-refractivity contribution in [1.82, 2.24) is 10.2 Å². The Balaban J connectivity index is 0.00000529. The number of rotatable bonds is 8. The fourth-order valence-electron chi connectivity index (χ4n) is 2.58. The molecule has 0 aromatic rings. The molecule has 1 saturated heterocycles.